The Hall–Kier alpha value is -1.55. The zero-order valence-corrected chi connectivity index (χ0v) is 12.4. The molecule has 2 N–H and O–H groups in total. The monoisotopic (exact) mass is 275 g/mol. The van der Waals surface area contributed by atoms with Crippen molar-refractivity contribution in [2.24, 2.45) is 5.92 Å². The summed E-state index contributed by atoms with van der Waals surface area (Å²) in [6.45, 7) is 7.05. The molecule has 1 unspecified atom stereocenters. The Bertz CT molecular complexity index is 419. The molecule has 1 aromatic rings. The first-order valence-corrected chi connectivity index (χ1v) is 7.49. The fourth-order valence-corrected chi connectivity index (χ4v) is 2.63. The van der Waals surface area contributed by atoms with E-state index in [9.17, 15) is 4.79 Å². The second kappa shape index (κ2) is 7.29. The van der Waals surface area contributed by atoms with Crippen LogP contribution in [0.2, 0.25) is 0 Å². The maximum Gasteiger partial charge on any atom is 0.321 e. The second-order valence-corrected chi connectivity index (χ2v) is 5.88. The summed E-state index contributed by atoms with van der Waals surface area (Å²) in [5, 5.41) is 6.51. The van der Waals surface area contributed by atoms with Gasteiger partial charge in [0.15, 0.2) is 0 Å². The van der Waals surface area contributed by atoms with E-state index < -0.39 is 0 Å². The summed E-state index contributed by atoms with van der Waals surface area (Å²) in [4.78, 5) is 14.3. The van der Waals surface area contributed by atoms with E-state index in [2.05, 4.69) is 24.5 Å². The van der Waals surface area contributed by atoms with Crippen LogP contribution in [0.5, 0.6) is 0 Å². The van der Waals surface area contributed by atoms with Crippen LogP contribution in [0.1, 0.15) is 26.7 Å². The third-order valence-corrected chi connectivity index (χ3v) is 3.55. The van der Waals surface area contributed by atoms with E-state index in [1.54, 1.807) is 0 Å². The van der Waals surface area contributed by atoms with Crippen LogP contribution in [0, 0.1) is 5.92 Å². The molecule has 2 rings (SSSR count). The quantitative estimate of drug-likeness (QED) is 0.891. The molecule has 1 atom stereocenters. The van der Waals surface area contributed by atoms with Crippen molar-refractivity contribution in [2.75, 3.05) is 25.0 Å². The molecule has 110 valence electrons. The summed E-state index contributed by atoms with van der Waals surface area (Å²) in [7, 11) is 0. The molecule has 0 saturated carbocycles. The molecule has 20 heavy (non-hydrogen) atoms. The van der Waals surface area contributed by atoms with Crippen molar-refractivity contribution in [3.8, 4) is 0 Å². The summed E-state index contributed by atoms with van der Waals surface area (Å²) in [6.07, 6.45) is 2.12. The van der Waals surface area contributed by atoms with Gasteiger partial charge in [0.2, 0.25) is 0 Å². The summed E-state index contributed by atoms with van der Waals surface area (Å²) >= 11 is 0. The molecule has 1 aromatic carbocycles. The Morgan fingerprint density at radius 3 is 2.85 bits per heavy atom. The first kappa shape index (κ1) is 14.9. The molecule has 0 aromatic heterocycles. The minimum atomic E-state index is 0.00801. The number of amides is 2. The van der Waals surface area contributed by atoms with Gasteiger partial charge in [0.05, 0.1) is 0 Å². The molecule has 0 radical (unpaired) electrons. The van der Waals surface area contributed by atoms with Crippen molar-refractivity contribution >= 4 is 11.7 Å². The fourth-order valence-electron chi connectivity index (χ4n) is 2.63. The molecule has 1 aliphatic heterocycles. The third kappa shape index (κ3) is 4.53. The highest BCUT2D eigenvalue weighted by Crippen LogP contribution is 2.12. The summed E-state index contributed by atoms with van der Waals surface area (Å²) in [5.41, 5.74) is 0.857. The maximum absolute atomic E-state index is 12.3. The van der Waals surface area contributed by atoms with Gasteiger partial charge in [0.25, 0.3) is 0 Å². The molecule has 4 nitrogen and oxygen atoms in total. The number of nitrogens with zero attached hydrogens (tertiary/aromatic N) is 1. The normalized spacial score (nSPS) is 19.8. The van der Waals surface area contributed by atoms with Gasteiger partial charge in [-0.25, -0.2) is 4.79 Å². The van der Waals surface area contributed by atoms with Gasteiger partial charge in [-0.2, -0.15) is 0 Å². The van der Waals surface area contributed by atoms with Crippen molar-refractivity contribution in [3.05, 3.63) is 30.3 Å². The Morgan fingerprint density at radius 1 is 1.40 bits per heavy atom. The predicted molar refractivity (Wildman–Crippen MR) is 82.9 cm³/mol. The number of hydrogen-bond acceptors (Lipinski definition) is 2. The van der Waals surface area contributed by atoms with Gasteiger partial charge in [0.1, 0.15) is 0 Å². The zero-order valence-electron chi connectivity index (χ0n) is 12.4. The SMILES string of the molecule is CC(C)CC1CN(C(=O)Nc2ccccc2)CCCN1. The number of nitrogens with one attached hydrogen (secondary N) is 2. The van der Waals surface area contributed by atoms with Crippen molar-refractivity contribution in [2.45, 2.75) is 32.7 Å². The lowest BCUT2D eigenvalue weighted by Gasteiger charge is -2.25. The average Bonchev–Trinajstić information content (AvgIpc) is 2.65. The van der Waals surface area contributed by atoms with Gasteiger partial charge in [0, 0.05) is 24.8 Å². The Kier molecular flexibility index (Phi) is 5.41. The number of urea groups is 1. The molecular weight excluding hydrogens is 250 g/mol. The van der Waals surface area contributed by atoms with Gasteiger partial charge in [-0.1, -0.05) is 32.0 Å². The van der Waals surface area contributed by atoms with Crippen molar-refractivity contribution in [3.63, 3.8) is 0 Å². The minimum Gasteiger partial charge on any atom is -0.323 e. The van der Waals surface area contributed by atoms with Crippen LogP contribution in [0.15, 0.2) is 30.3 Å². The van der Waals surface area contributed by atoms with Crippen LogP contribution in [0.3, 0.4) is 0 Å². The third-order valence-electron chi connectivity index (χ3n) is 3.55. The molecule has 1 heterocycles. The zero-order chi connectivity index (χ0) is 14.4. The first-order valence-electron chi connectivity index (χ1n) is 7.49. The highest BCUT2D eigenvalue weighted by molar-refractivity contribution is 5.89. The topological polar surface area (TPSA) is 44.4 Å². The molecule has 0 spiro atoms. The first-order chi connectivity index (χ1) is 9.65. The van der Waals surface area contributed by atoms with Crippen LogP contribution in [0.25, 0.3) is 0 Å². The van der Waals surface area contributed by atoms with Gasteiger partial charge < -0.3 is 15.5 Å². The van der Waals surface area contributed by atoms with Gasteiger partial charge >= 0.3 is 6.03 Å². The maximum atomic E-state index is 12.3. The summed E-state index contributed by atoms with van der Waals surface area (Å²) < 4.78 is 0. The van der Waals surface area contributed by atoms with E-state index in [0.29, 0.717) is 12.0 Å². The van der Waals surface area contributed by atoms with Crippen LogP contribution in [-0.2, 0) is 0 Å². The molecule has 1 fully saturated rings. The fraction of sp³-hybridized carbons (Fsp3) is 0.562. The van der Waals surface area contributed by atoms with Crippen molar-refractivity contribution in [1.82, 2.24) is 10.2 Å². The molecule has 2 amide bonds. The van der Waals surface area contributed by atoms with Gasteiger partial charge in [-0.15, -0.1) is 0 Å². The number of para-hydroxylation sites is 1. The second-order valence-electron chi connectivity index (χ2n) is 5.88. The summed E-state index contributed by atoms with van der Waals surface area (Å²) in [5.74, 6) is 0.643. The molecule has 0 bridgehead atoms. The van der Waals surface area contributed by atoms with Crippen molar-refractivity contribution < 1.29 is 4.79 Å². The smallest absolute Gasteiger partial charge is 0.321 e. The van der Waals surface area contributed by atoms with Crippen LogP contribution in [0.4, 0.5) is 10.5 Å². The Labute approximate surface area is 121 Å². The lowest BCUT2D eigenvalue weighted by atomic mass is 10.0. The van der Waals surface area contributed by atoms with E-state index in [4.69, 9.17) is 0 Å². The highest BCUT2D eigenvalue weighted by atomic mass is 16.2. The number of carbonyl (C=O) groups excluding carboxylic acids is 1. The predicted octanol–water partition coefficient (Wildman–Crippen LogP) is 2.93. The lowest BCUT2D eigenvalue weighted by molar-refractivity contribution is 0.208. The number of rotatable bonds is 3. The Morgan fingerprint density at radius 2 is 2.15 bits per heavy atom. The van der Waals surface area contributed by atoms with E-state index in [-0.39, 0.29) is 6.03 Å². The Balaban J connectivity index is 1.93. The van der Waals surface area contributed by atoms with Crippen LogP contribution >= 0.6 is 0 Å². The number of carbonyl (C=O) groups is 1. The molecule has 4 heteroatoms. The summed E-state index contributed by atoms with van der Waals surface area (Å²) in [6, 6.07) is 10.1. The number of benzene rings is 1. The van der Waals surface area contributed by atoms with Gasteiger partial charge in [-0.3, -0.25) is 0 Å². The van der Waals surface area contributed by atoms with Crippen molar-refractivity contribution in [1.29, 1.82) is 0 Å². The molecule has 1 aliphatic rings. The molecule has 0 aliphatic carbocycles. The van der Waals surface area contributed by atoms with E-state index in [0.717, 1.165) is 38.2 Å². The average molecular weight is 275 g/mol. The number of hydrogen-bond donors (Lipinski definition) is 2. The molecular formula is C16H25N3O. The van der Waals surface area contributed by atoms with E-state index >= 15 is 0 Å². The van der Waals surface area contributed by atoms with E-state index in [1.165, 1.54) is 0 Å². The number of anilines is 1. The molecule has 1 saturated heterocycles. The highest BCUT2D eigenvalue weighted by Gasteiger charge is 2.22. The van der Waals surface area contributed by atoms with E-state index in [1.807, 2.05) is 35.2 Å². The largest absolute Gasteiger partial charge is 0.323 e. The minimum absolute atomic E-state index is 0.00801. The van der Waals surface area contributed by atoms with Crippen LogP contribution < -0.4 is 10.6 Å². The lowest BCUT2D eigenvalue weighted by Crippen LogP contribution is -2.43. The standard InChI is InChI=1S/C16H25N3O/c1-13(2)11-15-12-19(10-6-9-17-15)16(20)18-14-7-4-3-5-8-14/h3-5,7-8,13,15,17H,6,9-12H2,1-2H3,(H,18,20). The van der Waals surface area contributed by atoms with Crippen LogP contribution in [-0.4, -0.2) is 36.6 Å². The van der Waals surface area contributed by atoms with Gasteiger partial charge in [-0.05, 0) is 37.4 Å².